The van der Waals surface area contributed by atoms with Crippen LogP contribution >= 0.6 is 0 Å². The van der Waals surface area contributed by atoms with Crippen LogP contribution < -0.4 is 0 Å². The minimum atomic E-state index is 0.0752. The van der Waals surface area contributed by atoms with Gasteiger partial charge in [0.2, 0.25) is 5.90 Å². The number of benzene rings is 1. The molecule has 1 N–H and O–H groups in total. The average molecular weight is 244 g/mol. The quantitative estimate of drug-likeness (QED) is 0.652. The summed E-state index contributed by atoms with van der Waals surface area (Å²) in [4.78, 5) is 2.16. The van der Waals surface area contributed by atoms with E-state index in [0.29, 0.717) is 12.5 Å². The second-order valence-electron chi connectivity index (χ2n) is 4.73. The Morgan fingerprint density at radius 1 is 1.44 bits per heavy atom. The first kappa shape index (κ1) is 12.7. The molecule has 1 atom stereocenters. The van der Waals surface area contributed by atoms with Crippen molar-refractivity contribution in [2.75, 3.05) is 6.54 Å². The highest BCUT2D eigenvalue weighted by Gasteiger charge is 2.28. The third kappa shape index (κ3) is 2.92. The number of nitrogens with one attached hydrogen (secondary N) is 1. The van der Waals surface area contributed by atoms with Gasteiger partial charge in [0.05, 0.1) is 0 Å². The van der Waals surface area contributed by atoms with Crippen molar-refractivity contribution in [3.63, 3.8) is 0 Å². The lowest BCUT2D eigenvalue weighted by atomic mass is 10.2. The molecule has 1 aliphatic heterocycles. The van der Waals surface area contributed by atoms with Gasteiger partial charge in [-0.3, -0.25) is 5.41 Å². The van der Waals surface area contributed by atoms with E-state index < -0.39 is 0 Å². The fourth-order valence-electron chi connectivity index (χ4n) is 2.33. The highest BCUT2D eigenvalue weighted by atomic mass is 16.5. The molecule has 0 radical (unpaired) electrons. The molecule has 96 valence electrons. The van der Waals surface area contributed by atoms with Gasteiger partial charge < -0.3 is 9.64 Å². The molecular weight excluding hydrogens is 224 g/mol. The van der Waals surface area contributed by atoms with Crippen LogP contribution in [0.4, 0.5) is 0 Å². The van der Waals surface area contributed by atoms with Gasteiger partial charge in [0.15, 0.2) is 0 Å². The Morgan fingerprint density at radius 3 is 2.83 bits per heavy atom. The lowest BCUT2D eigenvalue weighted by Crippen LogP contribution is -2.35. The number of allylic oxidation sites excluding steroid dienone is 1. The van der Waals surface area contributed by atoms with E-state index >= 15 is 0 Å². The molecule has 0 saturated carbocycles. The van der Waals surface area contributed by atoms with Crippen LogP contribution in [-0.4, -0.2) is 23.4 Å². The first-order valence-electron chi connectivity index (χ1n) is 6.36. The van der Waals surface area contributed by atoms with E-state index in [2.05, 4.69) is 11.5 Å². The minimum absolute atomic E-state index is 0.0752. The topological polar surface area (TPSA) is 36.3 Å². The molecule has 3 nitrogen and oxygen atoms in total. The number of ether oxygens (including phenoxy) is 1. The van der Waals surface area contributed by atoms with Gasteiger partial charge in [0, 0.05) is 12.2 Å². The van der Waals surface area contributed by atoms with Crippen molar-refractivity contribution in [3.8, 4) is 0 Å². The maximum Gasteiger partial charge on any atom is 0.204 e. The van der Waals surface area contributed by atoms with Crippen LogP contribution in [0, 0.1) is 5.41 Å². The maximum atomic E-state index is 8.05. The van der Waals surface area contributed by atoms with E-state index in [1.165, 1.54) is 0 Å². The van der Waals surface area contributed by atoms with Gasteiger partial charge in [-0.1, -0.05) is 36.9 Å². The summed E-state index contributed by atoms with van der Waals surface area (Å²) in [7, 11) is 0. The number of hydrogen-bond donors (Lipinski definition) is 1. The van der Waals surface area contributed by atoms with E-state index in [9.17, 15) is 0 Å². The molecule has 1 fully saturated rings. The van der Waals surface area contributed by atoms with Crippen LogP contribution in [0.3, 0.4) is 0 Å². The first-order valence-corrected chi connectivity index (χ1v) is 6.36. The van der Waals surface area contributed by atoms with E-state index in [-0.39, 0.29) is 6.04 Å². The summed E-state index contributed by atoms with van der Waals surface area (Å²) in [5.74, 6) is 0.361. The van der Waals surface area contributed by atoms with E-state index in [1.54, 1.807) is 0 Å². The Kier molecular flexibility index (Phi) is 4.03. The number of likely N-dealkylation sites (tertiary alicyclic amines) is 1. The van der Waals surface area contributed by atoms with Crippen molar-refractivity contribution in [1.29, 1.82) is 5.41 Å². The monoisotopic (exact) mass is 244 g/mol. The summed E-state index contributed by atoms with van der Waals surface area (Å²) in [5.41, 5.74) is 2.12. The molecule has 1 aliphatic rings. The summed E-state index contributed by atoms with van der Waals surface area (Å²) in [5, 5.41) is 8.05. The van der Waals surface area contributed by atoms with Crippen molar-refractivity contribution in [2.24, 2.45) is 0 Å². The summed E-state index contributed by atoms with van der Waals surface area (Å²) >= 11 is 0. The molecule has 0 aliphatic carbocycles. The highest BCUT2D eigenvalue weighted by Crippen LogP contribution is 2.22. The fraction of sp³-hybridized carbons (Fsp3) is 0.400. The molecule has 1 unspecified atom stereocenters. The largest absolute Gasteiger partial charge is 0.475 e. The molecule has 1 aromatic carbocycles. The molecule has 1 saturated heterocycles. The number of rotatable bonds is 4. The zero-order chi connectivity index (χ0) is 13.0. The van der Waals surface area contributed by atoms with Gasteiger partial charge in [-0.2, -0.15) is 0 Å². The Bertz CT molecular complexity index is 427. The van der Waals surface area contributed by atoms with Gasteiger partial charge >= 0.3 is 0 Å². The van der Waals surface area contributed by atoms with Crippen molar-refractivity contribution in [3.05, 3.63) is 48.2 Å². The van der Waals surface area contributed by atoms with Crippen molar-refractivity contribution >= 4 is 5.90 Å². The predicted molar refractivity (Wildman–Crippen MR) is 73.5 cm³/mol. The van der Waals surface area contributed by atoms with Crippen LogP contribution in [0.25, 0.3) is 0 Å². The predicted octanol–water partition coefficient (Wildman–Crippen LogP) is 3.18. The first-order chi connectivity index (χ1) is 8.68. The smallest absolute Gasteiger partial charge is 0.204 e. The SMILES string of the molecule is C=C(C)N1CCCC1C(=N)OCc1ccccc1. The standard InChI is InChI=1S/C15H20N2O/c1-12(2)17-10-6-9-14(17)15(16)18-11-13-7-4-3-5-8-13/h3-5,7-8,14,16H,1,6,9-11H2,2H3. The minimum Gasteiger partial charge on any atom is -0.475 e. The zero-order valence-electron chi connectivity index (χ0n) is 10.9. The number of nitrogens with zero attached hydrogens (tertiary/aromatic N) is 1. The second-order valence-corrected chi connectivity index (χ2v) is 4.73. The Hall–Kier alpha value is -1.77. The van der Waals surface area contributed by atoms with Crippen LogP contribution in [0.2, 0.25) is 0 Å². The van der Waals surface area contributed by atoms with Crippen molar-refractivity contribution in [2.45, 2.75) is 32.4 Å². The molecule has 1 heterocycles. The average Bonchev–Trinajstić information content (AvgIpc) is 2.86. The van der Waals surface area contributed by atoms with E-state index in [1.807, 2.05) is 37.3 Å². The summed E-state index contributed by atoms with van der Waals surface area (Å²) in [6, 6.07) is 10.0. The van der Waals surface area contributed by atoms with Crippen LogP contribution in [-0.2, 0) is 11.3 Å². The third-order valence-electron chi connectivity index (χ3n) is 3.28. The normalized spacial score (nSPS) is 18.7. The van der Waals surface area contributed by atoms with Gasteiger partial charge in [-0.05, 0) is 25.3 Å². The molecule has 0 aromatic heterocycles. The van der Waals surface area contributed by atoms with Gasteiger partial charge in [-0.25, -0.2) is 0 Å². The molecule has 1 aromatic rings. The second kappa shape index (κ2) is 5.71. The molecule has 0 spiro atoms. The lowest BCUT2D eigenvalue weighted by molar-refractivity contribution is 0.245. The Morgan fingerprint density at radius 2 is 2.17 bits per heavy atom. The molecule has 3 heteroatoms. The highest BCUT2D eigenvalue weighted by molar-refractivity contribution is 5.79. The van der Waals surface area contributed by atoms with Crippen molar-refractivity contribution < 1.29 is 4.74 Å². The van der Waals surface area contributed by atoms with Gasteiger partial charge in [-0.15, -0.1) is 0 Å². The fourth-order valence-corrected chi connectivity index (χ4v) is 2.33. The Balaban J connectivity index is 1.90. The Labute approximate surface area is 109 Å². The van der Waals surface area contributed by atoms with Crippen LogP contribution in [0.5, 0.6) is 0 Å². The molecule has 2 rings (SSSR count). The summed E-state index contributed by atoms with van der Waals surface area (Å²) in [6.07, 6.45) is 2.09. The van der Waals surface area contributed by atoms with E-state index in [4.69, 9.17) is 10.1 Å². The van der Waals surface area contributed by atoms with E-state index in [0.717, 1.165) is 30.6 Å². The molecule has 0 amide bonds. The molecular formula is C15H20N2O. The third-order valence-corrected chi connectivity index (χ3v) is 3.28. The van der Waals surface area contributed by atoms with Crippen molar-refractivity contribution in [1.82, 2.24) is 4.90 Å². The lowest BCUT2D eigenvalue weighted by Gasteiger charge is -2.26. The molecule has 18 heavy (non-hydrogen) atoms. The summed E-state index contributed by atoms with van der Waals surface area (Å²) in [6.45, 7) is 7.41. The van der Waals surface area contributed by atoms with Gasteiger partial charge in [0.1, 0.15) is 12.6 Å². The number of hydrogen-bond acceptors (Lipinski definition) is 3. The van der Waals surface area contributed by atoms with Crippen LogP contribution in [0.15, 0.2) is 42.6 Å². The summed E-state index contributed by atoms with van der Waals surface area (Å²) < 4.78 is 5.59. The molecule has 0 bridgehead atoms. The zero-order valence-corrected chi connectivity index (χ0v) is 10.9. The maximum absolute atomic E-state index is 8.05. The van der Waals surface area contributed by atoms with Crippen LogP contribution in [0.1, 0.15) is 25.3 Å². The van der Waals surface area contributed by atoms with Gasteiger partial charge in [0.25, 0.3) is 0 Å².